The second kappa shape index (κ2) is 4.59. The van der Waals surface area contributed by atoms with E-state index < -0.39 is 0 Å². The van der Waals surface area contributed by atoms with Crippen molar-refractivity contribution in [3.05, 3.63) is 40.1 Å². The molecule has 2 rings (SSSR count). The highest BCUT2D eigenvalue weighted by atomic mass is 16.6. The Morgan fingerprint density at radius 2 is 2.07 bits per heavy atom. The Balaban J connectivity index is 0.000000711. The molecule has 0 aliphatic heterocycles. The molecule has 1 N–H and O–H groups in total. The fourth-order valence-corrected chi connectivity index (χ4v) is 1.44. The monoisotopic (exact) mass is 208 g/mol. The molecular weight excluding hydrogens is 192 g/mol. The molecule has 0 unspecified atom stereocenters. The van der Waals surface area contributed by atoms with Crippen molar-refractivity contribution in [3.63, 3.8) is 0 Å². The number of nitrogens with zero attached hydrogens (tertiary/aromatic N) is 1. The van der Waals surface area contributed by atoms with Crippen molar-refractivity contribution in [1.82, 2.24) is 4.98 Å². The van der Waals surface area contributed by atoms with Crippen molar-refractivity contribution < 1.29 is 6.35 Å². The van der Waals surface area contributed by atoms with E-state index >= 15 is 0 Å². The van der Waals surface area contributed by atoms with Crippen LogP contribution in [0.1, 0.15) is 21.0 Å². The SMILES string of the molecule is CC.Cc1cc2c([N+](=O)[O-])cccc2[nH]1.[HH]. The molecule has 0 fully saturated rings. The summed E-state index contributed by atoms with van der Waals surface area (Å²) in [6, 6.07) is 6.80. The lowest BCUT2D eigenvalue weighted by Crippen LogP contribution is -1.87. The first kappa shape index (κ1) is 11.2. The lowest BCUT2D eigenvalue weighted by Gasteiger charge is -1.91. The zero-order valence-corrected chi connectivity index (χ0v) is 9.07. The zero-order chi connectivity index (χ0) is 11.4. The first-order chi connectivity index (χ1) is 7.18. The molecule has 2 aromatic rings. The number of benzene rings is 1. The topological polar surface area (TPSA) is 58.9 Å². The number of aromatic amines is 1. The van der Waals surface area contributed by atoms with Crippen LogP contribution in [0.5, 0.6) is 0 Å². The molecule has 0 spiro atoms. The van der Waals surface area contributed by atoms with Gasteiger partial charge < -0.3 is 4.98 Å². The van der Waals surface area contributed by atoms with E-state index in [4.69, 9.17) is 0 Å². The third-order valence-electron chi connectivity index (χ3n) is 1.97. The predicted molar refractivity (Wildman–Crippen MR) is 63.2 cm³/mol. The molecule has 15 heavy (non-hydrogen) atoms. The van der Waals surface area contributed by atoms with E-state index in [1.54, 1.807) is 12.1 Å². The fraction of sp³-hybridized carbons (Fsp3) is 0.273. The van der Waals surface area contributed by atoms with Gasteiger partial charge in [-0.15, -0.1) is 0 Å². The van der Waals surface area contributed by atoms with Crippen molar-refractivity contribution >= 4 is 16.6 Å². The number of H-pyrrole nitrogens is 1. The second-order valence-electron chi connectivity index (χ2n) is 2.95. The Kier molecular flexibility index (Phi) is 3.44. The number of aryl methyl sites for hydroxylation is 1. The van der Waals surface area contributed by atoms with Crippen molar-refractivity contribution in [1.29, 1.82) is 0 Å². The van der Waals surface area contributed by atoms with Gasteiger partial charge in [0.05, 0.1) is 15.8 Å². The summed E-state index contributed by atoms with van der Waals surface area (Å²) < 4.78 is 0. The summed E-state index contributed by atoms with van der Waals surface area (Å²) in [5, 5.41) is 11.3. The molecular formula is C11H16N2O2. The highest BCUT2D eigenvalue weighted by Crippen LogP contribution is 2.25. The number of aromatic nitrogens is 1. The molecule has 0 aliphatic rings. The number of hydrogen-bond donors (Lipinski definition) is 1. The quantitative estimate of drug-likeness (QED) is 0.574. The van der Waals surface area contributed by atoms with Crippen LogP contribution in [0.4, 0.5) is 5.69 Å². The van der Waals surface area contributed by atoms with Gasteiger partial charge in [0.1, 0.15) is 0 Å². The van der Waals surface area contributed by atoms with Crippen LogP contribution in [0.2, 0.25) is 0 Å². The minimum absolute atomic E-state index is 0. The smallest absolute Gasteiger partial charge is 0.278 e. The van der Waals surface area contributed by atoms with Crippen LogP contribution in [0.25, 0.3) is 10.9 Å². The fourth-order valence-electron chi connectivity index (χ4n) is 1.44. The summed E-state index contributed by atoms with van der Waals surface area (Å²) in [5.41, 5.74) is 1.90. The minimum Gasteiger partial charge on any atom is -0.358 e. The standard InChI is InChI=1S/C9H8N2O2.C2H6.H2/c1-6-5-7-8(10-6)3-2-4-9(7)11(12)13;1-2;/h2-5,10H,1H3;1-2H3;1H. The van der Waals surface area contributed by atoms with Crippen LogP contribution >= 0.6 is 0 Å². The molecule has 4 heteroatoms. The van der Waals surface area contributed by atoms with Crippen LogP contribution in [0.3, 0.4) is 0 Å². The largest absolute Gasteiger partial charge is 0.358 e. The van der Waals surface area contributed by atoms with Crippen molar-refractivity contribution in [2.45, 2.75) is 20.8 Å². The molecule has 0 aliphatic carbocycles. The van der Waals surface area contributed by atoms with Crippen molar-refractivity contribution in [3.8, 4) is 0 Å². The average molecular weight is 208 g/mol. The molecule has 1 aromatic heterocycles. The zero-order valence-electron chi connectivity index (χ0n) is 9.07. The summed E-state index contributed by atoms with van der Waals surface area (Å²) >= 11 is 0. The average Bonchev–Trinajstić information content (AvgIpc) is 2.60. The minimum atomic E-state index is -0.365. The van der Waals surface area contributed by atoms with Crippen molar-refractivity contribution in [2.24, 2.45) is 0 Å². The molecule has 1 aromatic carbocycles. The number of hydrogen-bond acceptors (Lipinski definition) is 2. The Labute approximate surface area is 89.6 Å². The first-order valence-corrected chi connectivity index (χ1v) is 4.91. The number of fused-ring (bicyclic) bond motifs is 1. The predicted octanol–water partition coefficient (Wildman–Crippen LogP) is 3.66. The van der Waals surface area contributed by atoms with Gasteiger partial charge in [-0.2, -0.15) is 0 Å². The Hall–Kier alpha value is -1.84. The highest BCUT2D eigenvalue weighted by molar-refractivity contribution is 5.89. The third kappa shape index (κ3) is 2.15. The van der Waals surface area contributed by atoms with E-state index in [0.29, 0.717) is 5.39 Å². The molecule has 0 saturated heterocycles. The lowest BCUT2D eigenvalue weighted by atomic mass is 10.2. The number of nitrogens with one attached hydrogen (secondary N) is 1. The molecule has 4 nitrogen and oxygen atoms in total. The summed E-state index contributed by atoms with van der Waals surface area (Å²) in [4.78, 5) is 13.3. The van der Waals surface area contributed by atoms with Gasteiger partial charge in [0.15, 0.2) is 0 Å². The van der Waals surface area contributed by atoms with Gasteiger partial charge in [-0.05, 0) is 19.1 Å². The van der Waals surface area contributed by atoms with Gasteiger partial charge in [0.2, 0.25) is 0 Å². The van der Waals surface area contributed by atoms with Crippen LogP contribution in [-0.4, -0.2) is 9.91 Å². The number of nitro benzene ring substituents is 1. The molecule has 0 atom stereocenters. The number of rotatable bonds is 1. The van der Waals surface area contributed by atoms with E-state index in [9.17, 15) is 10.1 Å². The lowest BCUT2D eigenvalue weighted by molar-refractivity contribution is -0.383. The van der Waals surface area contributed by atoms with Crippen LogP contribution < -0.4 is 0 Å². The summed E-state index contributed by atoms with van der Waals surface area (Å²) in [6.45, 7) is 5.88. The van der Waals surface area contributed by atoms with Gasteiger partial charge in [0.25, 0.3) is 5.69 Å². The maximum atomic E-state index is 10.6. The maximum Gasteiger partial charge on any atom is 0.278 e. The normalized spacial score (nSPS) is 9.53. The Morgan fingerprint density at radius 1 is 1.40 bits per heavy atom. The van der Waals surface area contributed by atoms with Gasteiger partial charge >= 0.3 is 0 Å². The summed E-state index contributed by atoms with van der Waals surface area (Å²) in [7, 11) is 0. The molecule has 0 bridgehead atoms. The molecule has 82 valence electrons. The van der Waals surface area contributed by atoms with E-state index in [1.165, 1.54) is 6.07 Å². The molecule has 0 amide bonds. The molecule has 1 heterocycles. The van der Waals surface area contributed by atoms with Crippen LogP contribution in [0, 0.1) is 17.0 Å². The third-order valence-corrected chi connectivity index (χ3v) is 1.97. The van der Waals surface area contributed by atoms with E-state index in [2.05, 4.69) is 4.98 Å². The van der Waals surface area contributed by atoms with Gasteiger partial charge in [0, 0.05) is 13.2 Å². The number of non-ortho nitro benzene ring substituents is 1. The van der Waals surface area contributed by atoms with E-state index in [1.807, 2.05) is 26.8 Å². The van der Waals surface area contributed by atoms with Gasteiger partial charge in [-0.3, -0.25) is 10.1 Å². The van der Waals surface area contributed by atoms with E-state index in [0.717, 1.165) is 11.2 Å². The summed E-state index contributed by atoms with van der Waals surface area (Å²) in [6.07, 6.45) is 0. The van der Waals surface area contributed by atoms with Crippen LogP contribution in [0.15, 0.2) is 24.3 Å². The second-order valence-corrected chi connectivity index (χ2v) is 2.95. The molecule has 0 radical (unpaired) electrons. The number of nitro groups is 1. The Morgan fingerprint density at radius 3 is 2.67 bits per heavy atom. The first-order valence-electron chi connectivity index (χ1n) is 4.91. The Bertz CT molecular complexity index is 480. The van der Waals surface area contributed by atoms with Gasteiger partial charge in [-0.25, -0.2) is 0 Å². The van der Waals surface area contributed by atoms with Gasteiger partial charge in [-0.1, -0.05) is 19.9 Å². The molecule has 0 saturated carbocycles. The van der Waals surface area contributed by atoms with Crippen molar-refractivity contribution in [2.75, 3.05) is 0 Å². The van der Waals surface area contributed by atoms with E-state index in [-0.39, 0.29) is 12.0 Å². The highest BCUT2D eigenvalue weighted by Gasteiger charge is 2.11. The maximum absolute atomic E-state index is 10.6. The van der Waals surface area contributed by atoms with Crippen LogP contribution in [-0.2, 0) is 0 Å². The summed E-state index contributed by atoms with van der Waals surface area (Å²) in [5.74, 6) is 0.